The van der Waals surface area contributed by atoms with Crippen molar-refractivity contribution in [1.29, 1.82) is 0 Å². The average Bonchev–Trinajstić information content (AvgIpc) is 2.40. The first kappa shape index (κ1) is 17.3. The number of aryl methyl sites for hydroxylation is 1. The lowest BCUT2D eigenvalue weighted by Gasteiger charge is -2.26. The van der Waals surface area contributed by atoms with Gasteiger partial charge in [-0.3, -0.25) is 0 Å². The van der Waals surface area contributed by atoms with Crippen LogP contribution in [-0.2, 0) is 4.74 Å². The molecule has 0 aliphatic carbocycles. The van der Waals surface area contributed by atoms with Crippen molar-refractivity contribution in [2.45, 2.75) is 34.6 Å². The Morgan fingerprint density at radius 1 is 1.24 bits per heavy atom. The first-order valence-corrected chi connectivity index (χ1v) is 7.50. The second kappa shape index (κ2) is 7.34. The molecular weight excluding hydrogens is 264 g/mol. The van der Waals surface area contributed by atoms with Crippen LogP contribution in [0.1, 0.15) is 43.6 Å². The summed E-state index contributed by atoms with van der Waals surface area (Å²) in [6.45, 7) is 11.7. The molecule has 1 aromatic carbocycles. The number of anilines is 2. The summed E-state index contributed by atoms with van der Waals surface area (Å²) in [6.07, 6.45) is 0. The molecule has 3 N–H and O–H groups in total. The molecule has 0 atom stereocenters. The van der Waals surface area contributed by atoms with Gasteiger partial charge in [0.2, 0.25) is 0 Å². The number of nitrogens with one attached hydrogen (secondary N) is 1. The van der Waals surface area contributed by atoms with Crippen LogP contribution in [0.25, 0.3) is 0 Å². The number of rotatable bonds is 6. The third kappa shape index (κ3) is 4.38. The smallest absolute Gasteiger partial charge is 0.340 e. The van der Waals surface area contributed by atoms with E-state index >= 15 is 0 Å². The first-order valence-electron chi connectivity index (χ1n) is 7.50. The number of hydrogen-bond acceptors (Lipinski definition) is 4. The fourth-order valence-electron chi connectivity index (χ4n) is 2.66. The van der Waals surface area contributed by atoms with Gasteiger partial charge in [-0.05, 0) is 42.4 Å². The van der Waals surface area contributed by atoms with Crippen molar-refractivity contribution < 1.29 is 9.53 Å². The number of nitrogen functional groups attached to an aromatic ring is 1. The van der Waals surface area contributed by atoms with Crippen molar-refractivity contribution in [3.8, 4) is 0 Å². The van der Waals surface area contributed by atoms with Gasteiger partial charge in [0.25, 0.3) is 0 Å². The number of methoxy groups -OCH3 is 1. The van der Waals surface area contributed by atoms with E-state index in [0.29, 0.717) is 29.0 Å². The van der Waals surface area contributed by atoms with Gasteiger partial charge >= 0.3 is 5.97 Å². The molecule has 21 heavy (non-hydrogen) atoms. The minimum atomic E-state index is -0.400. The van der Waals surface area contributed by atoms with Gasteiger partial charge in [-0.25, -0.2) is 4.79 Å². The molecule has 118 valence electrons. The molecule has 0 heterocycles. The number of nitrogens with two attached hydrogens (primary N) is 1. The predicted octanol–water partition coefficient (Wildman–Crippen LogP) is 3.70. The number of ether oxygens (including phenoxy) is 1. The molecule has 0 aliphatic rings. The molecule has 0 amide bonds. The van der Waals surface area contributed by atoms with E-state index in [-0.39, 0.29) is 0 Å². The molecule has 0 aliphatic heterocycles. The van der Waals surface area contributed by atoms with Crippen LogP contribution in [-0.4, -0.2) is 19.6 Å². The highest BCUT2D eigenvalue weighted by Crippen LogP contribution is 2.25. The van der Waals surface area contributed by atoms with E-state index in [9.17, 15) is 4.79 Å². The molecule has 4 heteroatoms. The zero-order chi connectivity index (χ0) is 16.2. The number of carbonyl (C=O) groups excluding carboxylic acids is 1. The van der Waals surface area contributed by atoms with Crippen LogP contribution in [0, 0.1) is 24.7 Å². The Morgan fingerprint density at radius 2 is 1.81 bits per heavy atom. The average molecular weight is 292 g/mol. The highest BCUT2D eigenvalue weighted by molar-refractivity contribution is 5.97. The van der Waals surface area contributed by atoms with E-state index in [1.807, 2.05) is 13.0 Å². The lowest BCUT2D eigenvalue weighted by Crippen LogP contribution is -2.24. The Balaban J connectivity index is 2.94. The zero-order valence-corrected chi connectivity index (χ0v) is 14.0. The van der Waals surface area contributed by atoms with Crippen LogP contribution in [0.2, 0.25) is 0 Å². The molecule has 0 fully saturated rings. The Bertz CT molecular complexity index is 488. The SMILES string of the molecule is COC(=O)c1cc(NCC(C(C)C)C(C)C)cc(C)c1N. The molecule has 1 rings (SSSR count). The lowest BCUT2D eigenvalue weighted by atomic mass is 9.85. The van der Waals surface area contributed by atoms with E-state index < -0.39 is 5.97 Å². The number of hydrogen-bond donors (Lipinski definition) is 2. The molecule has 0 spiro atoms. The third-order valence-corrected chi connectivity index (χ3v) is 4.05. The molecule has 1 aromatic rings. The fraction of sp³-hybridized carbons (Fsp3) is 0.588. The van der Waals surface area contributed by atoms with Crippen molar-refractivity contribution in [2.24, 2.45) is 17.8 Å². The maximum atomic E-state index is 11.8. The monoisotopic (exact) mass is 292 g/mol. The number of carbonyl (C=O) groups is 1. The third-order valence-electron chi connectivity index (χ3n) is 4.05. The Morgan fingerprint density at radius 3 is 2.29 bits per heavy atom. The second-order valence-electron chi connectivity index (χ2n) is 6.28. The summed E-state index contributed by atoms with van der Waals surface area (Å²) in [5.41, 5.74) is 8.65. The van der Waals surface area contributed by atoms with Gasteiger partial charge in [0.05, 0.1) is 12.7 Å². The summed E-state index contributed by atoms with van der Waals surface area (Å²) < 4.78 is 4.78. The Kier molecular flexibility index (Phi) is 6.06. The number of benzene rings is 1. The van der Waals surface area contributed by atoms with Crippen LogP contribution in [0.4, 0.5) is 11.4 Å². The topological polar surface area (TPSA) is 64.3 Å². The van der Waals surface area contributed by atoms with Crippen LogP contribution in [0.15, 0.2) is 12.1 Å². The standard InChI is InChI=1S/C17H28N2O2/c1-10(2)15(11(3)4)9-19-13-7-12(5)16(18)14(8-13)17(20)21-6/h7-8,10-11,15,19H,9,18H2,1-6H3. The van der Waals surface area contributed by atoms with Crippen molar-refractivity contribution in [3.05, 3.63) is 23.3 Å². The van der Waals surface area contributed by atoms with Gasteiger partial charge in [0.1, 0.15) is 0 Å². The highest BCUT2D eigenvalue weighted by Gasteiger charge is 2.18. The van der Waals surface area contributed by atoms with Crippen molar-refractivity contribution in [2.75, 3.05) is 24.7 Å². The first-order chi connectivity index (χ1) is 9.77. The molecule has 0 saturated carbocycles. The number of esters is 1. The minimum Gasteiger partial charge on any atom is -0.465 e. The maximum absolute atomic E-state index is 11.8. The van der Waals surface area contributed by atoms with Gasteiger partial charge in [0.15, 0.2) is 0 Å². The molecule has 0 saturated heterocycles. The van der Waals surface area contributed by atoms with Crippen LogP contribution in [0.3, 0.4) is 0 Å². The summed E-state index contributed by atoms with van der Waals surface area (Å²) in [6, 6.07) is 3.74. The fourth-order valence-corrected chi connectivity index (χ4v) is 2.66. The summed E-state index contributed by atoms with van der Waals surface area (Å²) in [4.78, 5) is 11.8. The van der Waals surface area contributed by atoms with Gasteiger partial charge in [-0.1, -0.05) is 27.7 Å². The van der Waals surface area contributed by atoms with Crippen molar-refractivity contribution in [3.63, 3.8) is 0 Å². The van der Waals surface area contributed by atoms with E-state index in [2.05, 4.69) is 33.0 Å². The van der Waals surface area contributed by atoms with Crippen LogP contribution < -0.4 is 11.1 Å². The van der Waals surface area contributed by atoms with E-state index in [1.54, 1.807) is 6.07 Å². The predicted molar refractivity (Wildman–Crippen MR) is 88.6 cm³/mol. The van der Waals surface area contributed by atoms with E-state index in [0.717, 1.165) is 17.8 Å². The van der Waals surface area contributed by atoms with Gasteiger partial charge in [0, 0.05) is 17.9 Å². The van der Waals surface area contributed by atoms with Crippen molar-refractivity contribution in [1.82, 2.24) is 0 Å². The molecule has 4 nitrogen and oxygen atoms in total. The largest absolute Gasteiger partial charge is 0.465 e. The lowest BCUT2D eigenvalue weighted by molar-refractivity contribution is 0.0602. The van der Waals surface area contributed by atoms with Gasteiger partial charge in [-0.2, -0.15) is 0 Å². The molecule has 0 radical (unpaired) electrons. The Labute approximate surface area is 128 Å². The minimum absolute atomic E-state index is 0.400. The van der Waals surface area contributed by atoms with E-state index in [1.165, 1.54) is 7.11 Å². The Hall–Kier alpha value is -1.71. The van der Waals surface area contributed by atoms with Crippen molar-refractivity contribution >= 4 is 17.3 Å². The molecule has 0 unspecified atom stereocenters. The summed E-state index contributed by atoms with van der Waals surface area (Å²) in [5, 5.41) is 3.43. The maximum Gasteiger partial charge on any atom is 0.340 e. The summed E-state index contributed by atoms with van der Waals surface area (Å²) in [5.74, 6) is 1.38. The highest BCUT2D eigenvalue weighted by atomic mass is 16.5. The second-order valence-corrected chi connectivity index (χ2v) is 6.28. The molecule has 0 aromatic heterocycles. The van der Waals surface area contributed by atoms with Crippen LogP contribution >= 0.6 is 0 Å². The molecular formula is C17H28N2O2. The summed E-state index contributed by atoms with van der Waals surface area (Å²) >= 11 is 0. The molecule has 0 bridgehead atoms. The van der Waals surface area contributed by atoms with E-state index in [4.69, 9.17) is 10.5 Å². The van der Waals surface area contributed by atoms with Gasteiger partial charge in [-0.15, -0.1) is 0 Å². The summed E-state index contributed by atoms with van der Waals surface area (Å²) in [7, 11) is 1.37. The zero-order valence-electron chi connectivity index (χ0n) is 14.0. The normalized spacial score (nSPS) is 11.3. The van der Waals surface area contributed by atoms with Gasteiger partial charge < -0.3 is 15.8 Å². The quantitative estimate of drug-likeness (QED) is 0.620. The van der Waals surface area contributed by atoms with Crippen LogP contribution in [0.5, 0.6) is 0 Å².